The zero-order valence-electron chi connectivity index (χ0n) is 16.4. The van der Waals surface area contributed by atoms with E-state index in [0.29, 0.717) is 12.3 Å². The zero-order valence-corrected chi connectivity index (χ0v) is 16.4. The molecule has 4 aromatic rings. The maximum Gasteiger partial charge on any atom is 0.0996 e. The van der Waals surface area contributed by atoms with Crippen LogP contribution in [0.3, 0.4) is 0 Å². The van der Waals surface area contributed by atoms with Crippen LogP contribution in [0.25, 0.3) is 22.0 Å². The van der Waals surface area contributed by atoms with Gasteiger partial charge in [-0.3, -0.25) is 0 Å². The predicted octanol–water partition coefficient (Wildman–Crippen LogP) is 5.00. The third-order valence-corrected chi connectivity index (χ3v) is 6.03. The number of hydrogen-bond donors (Lipinski definition) is 2. The van der Waals surface area contributed by atoms with Gasteiger partial charge < -0.3 is 10.5 Å². The largest absolute Gasteiger partial charge is 0.411 e. The highest BCUT2D eigenvalue weighted by molar-refractivity contribution is 5.86. The Morgan fingerprint density at radius 2 is 1.62 bits per heavy atom. The summed E-state index contributed by atoms with van der Waals surface area (Å²) in [6.07, 6.45) is 2.79. The molecule has 0 aliphatic carbocycles. The molecule has 146 valence electrons. The molecule has 0 atom stereocenters. The van der Waals surface area contributed by atoms with Gasteiger partial charge in [-0.15, -0.1) is 9.94 Å². The molecule has 0 saturated carbocycles. The summed E-state index contributed by atoms with van der Waals surface area (Å²) in [5.41, 5.74) is 5.30. The minimum atomic E-state index is 0.400. The fraction of sp³-hybridized carbons (Fsp3) is 0.240. The van der Waals surface area contributed by atoms with Crippen molar-refractivity contribution in [3.05, 3.63) is 89.6 Å². The number of hydrogen-bond acceptors (Lipinski definition) is 3. The van der Waals surface area contributed by atoms with E-state index in [2.05, 4.69) is 65.0 Å². The van der Waals surface area contributed by atoms with Gasteiger partial charge in [-0.25, -0.2) is 0 Å². The summed E-state index contributed by atoms with van der Waals surface area (Å²) < 4.78 is 0. The molecule has 3 aromatic carbocycles. The number of aromatic nitrogens is 2. The second-order valence-electron chi connectivity index (χ2n) is 7.80. The number of benzene rings is 3. The minimum absolute atomic E-state index is 0.400. The van der Waals surface area contributed by atoms with Crippen LogP contribution in [0.1, 0.15) is 35.6 Å². The fourth-order valence-electron chi connectivity index (χ4n) is 4.60. The van der Waals surface area contributed by atoms with Crippen molar-refractivity contribution < 1.29 is 5.21 Å². The Hall–Kier alpha value is -3.11. The van der Waals surface area contributed by atoms with E-state index in [0.717, 1.165) is 47.7 Å². The highest BCUT2D eigenvalue weighted by atomic mass is 16.5. The van der Waals surface area contributed by atoms with Crippen LogP contribution in [-0.2, 0) is 6.42 Å². The summed E-state index contributed by atoms with van der Waals surface area (Å²) >= 11 is 0. The van der Waals surface area contributed by atoms with Gasteiger partial charge in [0.15, 0.2) is 0 Å². The molecular formula is C25H25N3O. The summed E-state index contributed by atoms with van der Waals surface area (Å²) in [5.74, 6) is 0.400. The van der Waals surface area contributed by atoms with E-state index in [1.807, 2.05) is 18.2 Å². The molecule has 2 heterocycles. The summed E-state index contributed by atoms with van der Waals surface area (Å²) in [6.45, 7) is 2.01. The van der Waals surface area contributed by atoms with E-state index in [4.69, 9.17) is 0 Å². The average Bonchev–Trinajstić information content (AvgIpc) is 3.11. The van der Waals surface area contributed by atoms with Crippen LogP contribution in [0.2, 0.25) is 0 Å². The molecule has 1 aliphatic heterocycles. The van der Waals surface area contributed by atoms with Gasteiger partial charge in [-0.1, -0.05) is 72.8 Å². The maximum atomic E-state index is 10.8. The van der Waals surface area contributed by atoms with Crippen LogP contribution in [-0.4, -0.2) is 28.2 Å². The number of piperidine rings is 1. The first kappa shape index (κ1) is 18.0. The van der Waals surface area contributed by atoms with Crippen molar-refractivity contribution in [2.24, 2.45) is 0 Å². The molecule has 0 spiro atoms. The average molecular weight is 383 g/mol. The molecule has 2 N–H and O–H groups in total. The van der Waals surface area contributed by atoms with Gasteiger partial charge in [-0.2, -0.15) is 0 Å². The lowest BCUT2D eigenvalue weighted by molar-refractivity contribution is 0.141. The van der Waals surface area contributed by atoms with Crippen molar-refractivity contribution in [1.29, 1.82) is 0 Å². The molecule has 1 aromatic heterocycles. The first-order chi connectivity index (χ1) is 14.3. The van der Waals surface area contributed by atoms with Crippen LogP contribution in [0.5, 0.6) is 0 Å². The normalized spacial score (nSPS) is 15.0. The Bertz CT molecular complexity index is 1120. The van der Waals surface area contributed by atoms with Crippen LogP contribution >= 0.6 is 0 Å². The van der Waals surface area contributed by atoms with Gasteiger partial charge in [0.05, 0.1) is 11.4 Å². The molecule has 0 bridgehead atoms. The lowest BCUT2D eigenvalue weighted by Gasteiger charge is -2.24. The van der Waals surface area contributed by atoms with E-state index in [1.54, 1.807) is 0 Å². The van der Waals surface area contributed by atoms with Crippen molar-refractivity contribution in [3.63, 3.8) is 0 Å². The Morgan fingerprint density at radius 1 is 0.897 bits per heavy atom. The Balaban J connectivity index is 1.65. The Labute approximate surface area is 170 Å². The van der Waals surface area contributed by atoms with Crippen molar-refractivity contribution in [2.45, 2.75) is 25.2 Å². The van der Waals surface area contributed by atoms with Crippen molar-refractivity contribution in [3.8, 4) is 11.3 Å². The first-order valence-corrected chi connectivity index (χ1v) is 10.3. The van der Waals surface area contributed by atoms with Crippen LogP contribution in [0, 0.1) is 0 Å². The third-order valence-electron chi connectivity index (χ3n) is 6.03. The number of nitrogens with one attached hydrogen (secondary N) is 1. The highest BCUT2D eigenvalue weighted by Gasteiger charge is 2.27. The van der Waals surface area contributed by atoms with Gasteiger partial charge in [0.25, 0.3) is 0 Å². The highest BCUT2D eigenvalue weighted by Crippen LogP contribution is 2.37. The van der Waals surface area contributed by atoms with Crippen LogP contribution in [0.15, 0.2) is 72.8 Å². The van der Waals surface area contributed by atoms with Crippen molar-refractivity contribution in [2.75, 3.05) is 13.1 Å². The first-order valence-electron chi connectivity index (χ1n) is 10.3. The quantitative estimate of drug-likeness (QED) is 0.488. The zero-order chi connectivity index (χ0) is 19.6. The number of fused-ring (bicyclic) bond motifs is 1. The van der Waals surface area contributed by atoms with Crippen LogP contribution < -0.4 is 5.32 Å². The summed E-state index contributed by atoms with van der Waals surface area (Å²) in [7, 11) is 0. The molecule has 4 nitrogen and oxygen atoms in total. The Morgan fingerprint density at radius 3 is 2.45 bits per heavy atom. The van der Waals surface area contributed by atoms with E-state index in [9.17, 15) is 5.21 Å². The lowest BCUT2D eigenvalue weighted by Crippen LogP contribution is -2.27. The lowest BCUT2D eigenvalue weighted by atomic mass is 9.85. The second kappa shape index (κ2) is 7.72. The fourth-order valence-corrected chi connectivity index (χ4v) is 4.60. The van der Waals surface area contributed by atoms with Crippen molar-refractivity contribution in [1.82, 2.24) is 15.3 Å². The van der Waals surface area contributed by atoms with Gasteiger partial charge >= 0.3 is 0 Å². The van der Waals surface area contributed by atoms with E-state index in [-0.39, 0.29) is 0 Å². The van der Waals surface area contributed by atoms with Crippen LogP contribution in [0.4, 0.5) is 0 Å². The molecule has 1 aliphatic rings. The number of rotatable bonds is 4. The molecule has 4 heteroatoms. The maximum absolute atomic E-state index is 10.8. The van der Waals surface area contributed by atoms with Crippen molar-refractivity contribution >= 4 is 10.8 Å². The van der Waals surface area contributed by atoms with E-state index >= 15 is 0 Å². The molecule has 0 unspecified atom stereocenters. The molecule has 29 heavy (non-hydrogen) atoms. The molecule has 5 rings (SSSR count). The monoisotopic (exact) mass is 383 g/mol. The standard InChI is InChI=1S/C25H25N3O/c29-28-23(17-21-11-6-10-18-7-4-5-12-22(18)21)24(19-13-15-26-16-14-19)25(27-28)20-8-2-1-3-9-20/h1-12,19,26,29H,13-17H2. The van der Waals surface area contributed by atoms with E-state index in [1.165, 1.54) is 21.9 Å². The summed E-state index contributed by atoms with van der Waals surface area (Å²) in [6, 6.07) is 25.1. The number of nitrogens with zero attached hydrogens (tertiary/aromatic N) is 2. The molecule has 1 saturated heterocycles. The van der Waals surface area contributed by atoms with Gasteiger partial charge in [0.1, 0.15) is 0 Å². The molecule has 0 radical (unpaired) electrons. The summed E-state index contributed by atoms with van der Waals surface area (Å²) in [5, 5.41) is 21.3. The molecule has 0 amide bonds. The predicted molar refractivity (Wildman–Crippen MR) is 116 cm³/mol. The molecular weight excluding hydrogens is 358 g/mol. The minimum Gasteiger partial charge on any atom is -0.411 e. The molecule has 1 fully saturated rings. The topological polar surface area (TPSA) is 50.1 Å². The summed E-state index contributed by atoms with van der Waals surface area (Å²) in [4.78, 5) is 1.13. The van der Waals surface area contributed by atoms with Gasteiger partial charge in [-0.05, 0) is 48.2 Å². The second-order valence-corrected chi connectivity index (χ2v) is 7.80. The van der Waals surface area contributed by atoms with E-state index < -0.39 is 0 Å². The Kier molecular flexibility index (Phi) is 4.78. The SMILES string of the molecule is On1nc(-c2ccccc2)c(C2CCNCC2)c1Cc1cccc2ccccc12. The van der Waals surface area contributed by atoms with Gasteiger partial charge in [0, 0.05) is 17.5 Å². The third kappa shape index (κ3) is 3.40. The van der Waals surface area contributed by atoms with Gasteiger partial charge in [0.2, 0.25) is 0 Å². The smallest absolute Gasteiger partial charge is 0.0996 e.